The monoisotopic (exact) mass is 324 g/mol. The van der Waals surface area contributed by atoms with Gasteiger partial charge in [-0.25, -0.2) is 17.5 Å². The highest BCUT2D eigenvalue weighted by molar-refractivity contribution is 8.00. The van der Waals surface area contributed by atoms with Gasteiger partial charge in [-0.2, -0.15) is 11.8 Å². The number of halogens is 2. The van der Waals surface area contributed by atoms with Crippen molar-refractivity contribution in [1.82, 2.24) is 4.72 Å². The van der Waals surface area contributed by atoms with E-state index in [0.29, 0.717) is 6.54 Å². The first kappa shape index (κ1) is 14.9. The summed E-state index contributed by atoms with van der Waals surface area (Å²) in [6, 6.07) is 1.95. The largest absolute Gasteiger partial charge is 0.396 e. The lowest BCUT2D eigenvalue weighted by atomic mass is 10.3. The molecule has 0 heterocycles. The molecule has 0 aromatic heterocycles. The van der Waals surface area contributed by atoms with Gasteiger partial charge in [0.25, 0.3) is 0 Å². The molecule has 8 heteroatoms. The Morgan fingerprint density at radius 1 is 1.53 bits per heavy atom. The average molecular weight is 325 g/mol. The fraction of sp³-hybridized carbons (Fsp3) is 0.455. The van der Waals surface area contributed by atoms with Crippen molar-refractivity contribution in [2.45, 2.75) is 22.5 Å². The molecule has 1 aliphatic rings. The fourth-order valence-corrected chi connectivity index (χ4v) is 4.14. The van der Waals surface area contributed by atoms with E-state index in [2.05, 4.69) is 4.72 Å². The van der Waals surface area contributed by atoms with E-state index in [1.165, 1.54) is 0 Å². The van der Waals surface area contributed by atoms with Gasteiger partial charge >= 0.3 is 0 Å². The summed E-state index contributed by atoms with van der Waals surface area (Å²) < 4.78 is 39.9. The molecule has 0 aliphatic heterocycles. The number of rotatable bonds is 5. The molecule has 0 saturated heterocycles. The summed E-state index contributed by atoms with van der Waals surface area (Å²) in [4.78, 5) is -0.190. The maximum absolute atomic E-state index is 13.2. The molecule has 4 nitrogen and oxygen atoms in total. The summed E-state index contributed by atoms with van der Waals surface area (Å²) in [7, 11) is -3.78. The zero-order chi connectivity index (χ0) is 14.3. The Morgan fingerprint density at radius 2 is 2.16 bits per heavy atom. The SMILES string of the molecule is CSC1(CNS(=O)(=O)c2cc(N)c(F)cc2Cl)CC1. The van der Waals surface area contributed by atoms with Crippen LogP contribution in [0.1, 0.15) is 12.8 Å². The summed E-state index contributed by atoms with van der Waals surface area (Å²) in [5.41, 5.74) is 5.14. The third-order valence-electron chi connectivity index (χ3n) is 3.17. The molecule has 0 amide bonds. The quantitative estimate of drug-likeness (QED) is 0.815. The van der Waals surface area contributed by atoms with Gasteiger partial charge in [-0.05, 0) is 31.2 Å². The molecule has 3 N–H and O–H groups in total. The lowest BCUT2D eigenvalue weighted by Crippen LogP contribution is -2.32. The van der Waals surface area contributed by atoms with Crippen LogP contribution in [0.2, 0.25) is 5.02 Å². The van der Waals surface area contributed by atoms with Gasteiger partial charge in [-0.15, -0.1) is 0 Å². The molecule has 1 aromatic rings. The summed E-state index contributed by atoms with van der Waals surface area (Å²) in [6.07, 6.45) is 3.91. The van der Waals surface area contributed by atoms with Crippen LogP contribution in [0.4, 0.5) is 10.1 Å². The number of nitrogens with one attached hydrogen (secondary N) is 1. The van der Waals surface area contributed by atoms with E-state index in [0.717, 1.165) is 25.0 Å². The van der Waals surface area contributed by atoms with E-state index in [1.54, 1.807) is 11.8 Å². The normalized spacial score (nSPS) is 17.4. The highest BCUT2D eigenvalue weighted by Crippen LogP contribution is 2.46. The molecule has 2 rings (SSSR count). The molecule has 1 aromatic carbocycles. The number of hydrogen-bond donors (Lipinski definition) is 2. The van der Waals surface area contributed by atoms with Crippen molar-refractivity contribution < 1.29 is 12.8 Å². The standard InChI is InChI=1S/C11H14ClFN2O2S2/c1-18-11(2-3-11)6-15-19(16,17)10-5-9(14)8(13)4-7(10)12/h4-5,15H,2-3,6,14H2,1H3. The second kappa shape index (κ2) is 5.12. The molecule has 19 heavy (non-hydrogen) atoms. The molecule has 0 radical (unpaired) electrons. The Balaban J connectivity index is 2.22. The van der Waals surface area contributed by atoms with Crippen molar-refractivity contribution in [1.29, 1.82) is 0 Å². The van der Waals surface area contributed by atoms with E-state index >= 15 is 0 Å². The smallest absolute Gasteiger partial charge is 0.242 e. The Hall–Kier alpha value is -0.500. The van der Waals surface area contributed by atoms with E-state index in [4.69, 9.17) is 17.3 Å². The summed E-state index contributed by atoms with van der Waals surface area (Å²) in [6.45, 7) is 0.337. The Labute approximate surface area is 120 Å². The van der Waals surface area contributed by atoms with Crippen LogP contribution in [0.15, 0.2) is 17.0 Å². The molecular formula is C11H14ClFN2O2S2. The van der Waals surface area contributed by atoms with Crippen LogP contribution in [0.3, 0.4) is 0 Å². The van der Waals surface area contributed by atoms with Gasteiger partial charge in [-0.3, -0.25) is 0 Å². The van der Waals surface area contributed by atoms with E-state index in [1.807, 2.05) is 6.26 Å². The van der Waals surface area contributed by atoms with Gasteiger partial charge in [-0.1, -0.05) is 11.6 Å². The third-order valence-corrected chi connectivity index (χ3v) is 6.45. The van der Waals surface area contributed by atoms with Crippen LogP contribution >= 0.6 is 23.4 Å². The van der Waals surface area contributed by atoms with Gasteiger partial charge in [0.1, 0.15) is 10.7 Å². The van der Waals surface area contributed by atoms with Crippen molar-refractivity contribution in [3.63, 3.8) is 0 Å². The Kier molecular flexibility index (Phi) is 4.02. The summed E-state index contributed by atoms with van der Waals surface area (Å²) >= 11 is 7.40. The van der Waals surface area contributed by atoms with Gasteiger partial charge < -0.3 is 5.73 Å². The second-order valence-electron chi connectivity index (χ2n) is 4.52. The first-order valence-corrected chi connectivity index (χ1v) is 8.68. The molecule has 1 aliphatic carbocycles. The highest BCUT2D eigenvalue weighted by Gasteiger charge is 2.42. The molecular weight excluding hydrogens is 311 g/mol. The maximum atomic E-state index is 13.2. The lowest BCUT2D eigenvalue weighted by Gasteiger charge is -2.14. The first-order chi connectivity index (χ1) is 8.80. The van der Waals surface area contributed by atoms with E-state index in [-0.39, 0.29) is 20.4 Å². The minimum Gasteiger partial charge on any atom is -0.396 e. The van der Waals surface area contributed by atoms with Crippen molar-refractivity contribution in [2.24, 2.45) is 0 Å². The van der Waals surface area contributed by atoms with E-state index < -0.39 is 15.8 Å². The van der Waals surface area contributed by atoms with Crippen LogP contribution in [-0.4, -0.2) is 26.0 Å². The summed E-state index contributed by atoms with van der Waals surface area (Å²) in [5, 5.41) is -0.173. The predicted octanol–water partition coefficient (Wildman–Crippen LogP) is 2.24. The Morgan fingerprint density at radius 3 is 2.68 bits per heavy atom. The van der Waals surface area contributed by atoms with Crippen LogP contribution in [-0.2, 0) is 10.0 Å². The minimum atomic E-state index is -3.78. The molecule has 106 valence electrons. The zero-order valence-corrected chi connectivity index (χ0v) is 12.6. The van der Waals surface area contributed by atoms with Crippen LogP contribution in [0, 0.1) is 5.82 Å². The van der Waals surface area contributed by atoms with Crippen molar-refractivity contribution in [3.05, 3.63) is 23.0 Å². The highest BCUT2D eigenvalue weighted by atomic mass is 35.5. The number of sulfonamides is 1. The van der Waals surface area contributed by atoms with Gasteiger partial charge in [0.2, 0.25) is 10.0 Å². The average Bonchev–Trinajstić information content (AvgIpc) is 3.12. The first-order valence-electron chi connectivity index (χ1n) is 5.59. The number of thioether (sulfide) groups is 1. The fourth-order valence-electron chi connectivity index (χ4n) is 1.65. The number of benzene rings is 1. The van der Waals surface area contributed by atoms with Gasteiger partial charge in [0, 0.05) is 11.3 Å². The van der Waals surface area contributed by atoms with Crippen LogP contribution in [0.5, 0.6) is 0 Å². The minimum absolute atomic E-state index is 0.00881. The zero-order valence-electron chi connectivity index (χ0n) is 10.2. The van der Waals surface area contributed by atoms with Crippen molar-refractivity contribution in [2.75, 3.05) is 18.5 Å². The van der Waals surface area contributed by atoms with Gasteiger partial charge in [0.15, 0.2) is 0 Å². The molecule has 0 spiro atoms. The molecule has 1 fully saturated rings. The van der Waals surface area contributed by atoms with Crippen LogP contribution < -0.4 is 10.5 Å². The van der Waals surface area contributed by atoms with Crippen LogP contribution in [0.25, 0.3) is 0 Å². The molecule has 0 bridgehead atoms. The second-order valence-corrected chi connectivity index (χ2v) is 7.93. The number of nitrogen functional groups attached to an aromatic ring is 1. The number of anilines is 1. The number of hydrogen-bond acceptors (Lipinski definition) is 4. The van der Waals surface area contributed by atoms with E-state index in [9.17, 15) is 12.8 Å². The van der Waals surface area contributed by atoms with Gasteiger partial charge in [0.05, 0.1) is 10.7 Å². The predicted molar refractivity (Wildman–Crippen MR) is 76.5 cm³/mol. The molecule has 0 atom stereocenters. The maximum Gasteiger partial charge on any atom is 0.242 e. The lowest BCUT2D eigenvalue weighted by molar-refractivity contribution is 0.579. The third kappa shape index (κ3) is 3.16. The molecule has 0 unspecified atom stereocenters. The Bertz CT molecular complexity index is 603. The van der Waals surface area contributed by atoms with Crippen molar-refractivity contribution in [3.8, 4) is 0 Å². The van der Waals surface area contributed by atoms with Crippen molar-refractivity contribution >= 4 is 39.1 Å². The topological polar surface area (TPSA) is 72.2 Å². The summed E-state index contributed by atoms with van der Waals surface area (Å²) in [5.74, 6) is -0.730. The molecule has 1 saturated carbocycles. The number of nitrogens with two attached hydrogens (primary N) is 1.